The Hall–Kier alpha value is -4.85. The maximum atomic E-state index is 13.5. The van der Waals surface area contributed by atoms with E-state index in [2.05, 4.69) is 10.6 Å². The van der Waals surface area contributed by atoms with E-state index in [1.807, 2.05) is 12.2 Å². The van der Waals surface area contributed by atoms with Crippen LogP contribution in [-0.2, 0) is 14.6 Å². The van der Waals surface area contributed by atoms with Crippen molar-refractivity contribution in [3.05, 3.63) is 90.0 Å². The minimum absolute atomic E-state index is 0.0105. The van der Waals surface area contributed by atoms with Crippen molar-refractivity contribution in [1.29, 1.82) is 0 Å². The van der Waals surface area contributed by atoms with Crippen LogP contribution in [0.5, 0.6) is 17.2 Å². The Morgan fingerprint density at radius 1 is 0.932 bits per heavy atom. The van der Waals surface area contributed by atoms with Gasteiger partial charge in [0.05, 0.1) is 29.1 Å². The maximum absolute atomic E-state index is 13.5. The third kappa shape index (κ3) is 5.97. The van der Waals surface area contributed by atoms with Crippen LogP contribution < -0.4 is 20.1 Å². The number of aromatic carboxylic acids is 1. The Morgan fingerprint density at radius 2 is 1.64 bits per heavy atom. The quantitative estimate of drug-likeness (QED) is 0.279. The number of carbonyl (C=O) groups is 3. The summed E-state index contributed by atoms with van der Waals surface area (Å²) in [5, 5.41) is 14.6. The second kappa shape index (κ2) is 11.7. The van der Waals surface area contributed by atoms with Crippen molar-refractivity contribution in [1.82, 2.24) is 5.32 Å². The molecule has 0 unspecified atom stereocenters. The van der Waals surface area contributed by atoms with Crippen molar-refractivity contribution >= 4 is 33.3 Å². The fraction of sp³-hybridized carbons (Fsp3) is 0.233. The standard InChI is InChI=1S/C30H25F3N2O8S/c1-42-24-11-10-21(43-20-6-2-4-18(13-20)29(38)39)15-23(24)27(36)35-26-17-9-8-16(12-17)25(26)28(37)34-19-5-3-7-22(14-19)44(40,41)30(31,32)33/h2-11,13-17,25-26H,12H2,1H3,(H,34,37)(H,35,36)(H,38,39)/t16-,17+,25+,26-/m0/s1. The van der Waals surface area contributed by atoms with Crippen LogP contribution in [0.2, 0.25) is 0 Å². The van der Waals surface area contributed by atoms with Crippen molar-refractivity contribution in [2.24, 2.45) is 17.8 Å². The lowest BCUT2D eigenvalue weighted by atomic mass is 9.87. The van der Waals surface area contributed by atoms with Gasteiger partial charge in [0.25, 0.3) is 15.7 Å². The van der Waals surface area contributed by atoms with Crippen LogP contribution >= 0.6 is 0 Å². The molecule has 3 aromatic rings. The number of sulfone groups is 1. The summed E-state index contributed by atoms with van der Waals surface area (Å²) in [5.41, 5.74) is -5.56. The van der Waals surface area contributed by atoms with Crippen molar-refractivity contribution in [2.75, 3.05) is 12.4 Å². The van der Waals surface area contributed by atoms with Crippen molar-refractivity contribution in [2.45, 2.75) is 22.9 Å². The van der Waals surface area contributed by atoms with E-state index in [0.29, 0.717) is 6.42 Å². The maximum Gasteiger partial charge on any atom is 0.501 e. The summed E-state index contributed by atoms with van der Waals surface area (Å²) in [6.45, 7) is 0. The van der Waals surface area contributed by atoms with E-state index in [-0.39, 0.29) is 45.9 Å². The SMILES string of the molecule is COc1ccc(Oc2cccc(C(=O)O)c2)cc1C(=O)N[C@@H]1[C@H](C(=O)Nc2cccc(S(=O)(=O)C(F)(F)F)c2)[C@H]2C=C[C@@H]1C2. The normalized spacial score (nSPS) is 20.6. The molecule has 0 saturated heterocycles. The van der Waals surface area contributed by atoms with Crippen LogP contribution in [0.15, 0.2) is 83.8 Å². The first-order valence-corrected chi connectivity index (χ1v) is 14.7. The number of nitrogens with one attached hydrogen (secondary N) is 2. The van der Waals surface area contributed by atoms with Crippen molar-refractivity contribution in [3.63, 3.8) is 0 Å². The predicted molar refractivity (Wildman–Crippen MR) is 150 cm³/mol. The molecule has 0 heterocycles. The van der Waals surface area contributed by atoms with E-state index in [1.54, 1.807) is 6.07 Å². The Kier molecular flexibility index (Phi) is 8.12. The van der Waals surface area contributed by atoms with Gasteiger partial charge in [-0.25, -0.2) is 13.2 Å². The fourth-order valence-electron chi connectivity index (χ4n) is 5.46. The van der Waals surface area contributed by atoms with Gasteiger partial charge in [0.2, 0.25) is 5.91 Å². The summed E-state index contributed by atoms with van der Waals surface area (Å²) in [4.78, 5) is 37.2. The number of fused-ring (bicyclic) bond motifs is 2. The van der Waals surface area contributed by atoms with Crippen LogP contribution in [-0.4, -0.2) is 50.0 Å². The third-order valence-electron chi connectivity index (χ3n) is 7.51. The molecule has 3 N–H and O–H groups in total. The molecule has 1 fully saturated rings. The smallest absolute Gasteiger partial charge is 0.496 e. The number of anilines is 1. The number of methoxy groups -OCH3 is 1. The second-order valence-electron chi connectivity index (χ2n) is 10.2. The van der Waals surface area contributed by atoms with Crippen LogP contribution in [0.3, 0.4) is 0 Å². The number of hydrogen-bond donors (Lipinski definition) is 3. The molecular formula is C30H25F3N2O8S. The fourth-order valence-corrected chi connectivity index (χ4v) is 6.27. The molecule has 44 heavy (non-hydrogen) atoms. The molecule has 2 amide bonds. The monoisotopic (exact) mass is 630 g/mol. The summed E-state index contributed by atoms with van der Waals surface area (Å²) in [5.74, 6) is -2.96. The molecule has 230 valence electrons. The molecule has 0 spiro atoms. The Bertz CT molecular complexity index is 1770. The topological polar surface area (TPSA) is 148 Å². The molecule has 1 saturated carbocycles. The summed E-state index contributed by atoms with van der Waals surface area (Å²) >= 11 is 0. The lowest BCUT2D eigenvalue weighted by Gasteiger charge is -2.28. The number of hydrogen-bond acceptors (Lipinski definition) is 7. The van der Waals surface area contributed by atoms with Gasteiger partial charge in [-0.1, -0.05) is 24.3 Å². The highest BCUT2D eigenvalue weighted by molar-refractivity contribution is 7.92. The zero-order chi connectivity index (χ0) is 31.8. The largest absolute Gasteiger partial charge is 0.501 e. The molecule has 5 rings (SSSR count). The average molecular weight is 631 g/mol. The predicted octanol–water partition coefficient (Wildman–Crippen LogP) is 5.04. The highest BCUT2D eigenvalue weighted by atomic mass is 32.2. The van der Waals surface area contributed by atoms with Crippen LogP contribution in [0, 0.1) is 17.8 Å². The van der Waals surface area contributed by atoms with Gasteiger partial charge >= 0.3 is 11.5 Å². The van der Waals surface area contributed by atoms with E-state index < -0.39 is 50.0 Å². The summed E-state index contributed by atoms with van der Waals surface area (Å²) in [6.07, 6.45) is 4.26. The number of rotatable bonds is 9. The molecule has 10 nitrogen and oxygen atoms in total. The molecule has 3 aromatic carbocycles. The Balaban J connectivity index is 1.35. The number of ether oxygens (including phenoxy) is 2. The number of alkyl halides is 3. The summed E-state index contributed by atoms with van der Waals surface area (Å²) in [7, 11) is -4.26. The van der Waals surface area contributed by atoms with Gasteiger partial charge in [-0.2, -0.15) is 13.2 Å². The average Bonchev–Trinajstić information content (AvgIpc) is 3.59. The van der Waals surface area contributed by atoms with Gasteiger partial charge in [-0.15, -0.1) is 0 Å². The second-order valence-corrected chi connectivity index (χ2v) is 12.2. The minimum Gasteiger partial charge on any atom is -0.496 e. The van der Waals surface area contributed by atoms with E-state index in [9.17, 15) is 41.1 Å². The van der Waals surface area contributed by atoms with Gasteiger partial charge in [0, 0.05) is 11.7 Å². The molecule has 0 aliphatic heterocycles. The van der Waals surface area contributed by atoms with E-state index in [4.69, 9.17) is 9.47 Å². The van der Waals surface area contributed by atoms with Gasteiger partial charge in [-0.05, 0) is 72.9 Å². The summed E-state index contributed by atoms with van der Waals surface area (Å²) in [6, 6.07) is 13.4. The van der Waals surface area contributed by atoms with Crippen LogP contribution in [0.1, 0.15) is 27.1 Å². The van der Waals surface area contributed by atoms with Crippen LogP contribution in [0.4, 0.5) is 18.9 Å². The van der Waals surface area contributed by atoms with Gasteiger partial charge in [0.15, 0.2) is 0 Å². The number of benzene rings is 3. The lowest BCUT2D eigenvalue weighted by Crippen LogP contribution is -2.47. The Morgan fingerprint density at radius 3 is 2.34 bits per heavy atom. The number of halogens is 3. The molecule has 0 radical (unpaired) electrons. The number of carboxylic acid groups (broad SMARTS) is 1. The zero-order valence-corrected chi connectivity index (χ0v) is 23.7. The number of amides is 2. The number of carbonyl (C=O) groups excluding carboxylic acids is 2. The van der Waals surface area contributed by atoms with Crippen molar-refractivity contribution < 1.29 is 50.6 Å². The van der Waals surface area contributed by atoms with E-state index in [1.165, 1.54) is 49.6 Å². The van der Waals surface area contributed by atoms with Crippen molar-refractivity contribution in [3.8, 4) is 17.2 Å². The molecule has 0 aromatic heterocycles. The van der Waals surface area contributed by atoms with E-state index in [0.717, 1.165) is 18.2 Å². The number of allylic oxidation sites excluding steroid dienone is 1. The first-order chi connectivity index (χ1) is 20.8. The molecule has 2 aliphatic rings. The molecule has 2 aliphatic carbocycles. The number of carboxylic acids is 1. The molecule has 14 heteroatoms. The van der Waals surface area contributed by atoms with Gasteiger partial charge in [-0.3, -0.25) is 9.59 Å². The Labute approximate surface area is 249 Å². The molecule has 2 bridgehead atoms. The zero-order valence-electron chi connectivity index (χ0n) is 22.9. The van der Waals surface area contributed by atoms with E-state index >= 15 is 0 Å². The highest BCUT2D eigenvalue weighted by Gasteiger charge is 2.49. The lowest BCUT2D eigenvalue weighted by molar-refractivity contribution is -0.121. The third-order valence-corrected chi connectivity index (χ3v) is 8.99. The first kappa shape index (κ1) is 30.6. The summed E-state index contributed by atoms with van der Waals surface area (Å²) < 4.78 is 73.9. The first-order valence-electron chi connectivity index (χ1n) is 13.2. The van der Waals surface area contributed by atoms with Gasteiger partial charge < -0.3 is 25.2 Å². The molecular weight excluding hydrogens is 605 g/mol. The molecule has 4 atom stereocenters. The van der Waals surface area contributed by atoms with Crippen LogP contribution in [0.25, 0.3) is 0 Å². The highest BCUT2D eigenvalue weighted by Crippen LogP contribution is 2.44. The minimum atomic E-state index is -5.62. The van der Waals surface area contributed by atoms with Gasteiger partial charge in [0.1, 0.15) is 17.2 Å².